The van der Waals surface area contributed by atoms with Crippen LogP contribution in [-0.2, 0) is 26.1 Å². The molecule has 0 unspecified atom stereocenters. The smallest absolute Gasteiger partial charge is 0.345 e. The molecule has 1 aromatic carbocycles. The number of guanidine groups is 1. The Balaban J connectivity index is 0.00000280. The van der Waals surface area contributed by atoms with Crippen molar-refractivity contribution in [3.05, 3.63) is 51.2 Å². The van der Waals surface area contributed by atoms with Crippen molar-refractivity contribution in [1.82, 2.24) is 24.6 Å². The summed E-state index contributed by atoms with van der Waals surface area (Å²) in [6.07, 6.45) is 3.88. The molecular formula is C19H28ClIN6O. The number of rotatable bonds is 6. The second-order valence-electron chi connectivity index (χ2n) is 6.81. The summed E-state index contributed by atoms with van der Waals surface area (Å²) in [5, 5.41) is 8.57. The highest BCUT2D eigenvalue weighted by Gasteiger charge is 2.16. The second-order valence-corrected chi connectivity index (χ2v) is 7.21. The van der Waals surface area contributed by atoms with Gasteiger partial charge in [-0.05, 0) is 30.9 Å². The van der Waals surface area contributed by atoms with E-state index in [-0.39, 0.29) is 29.7 Å². The van der Waals surface area contributed by atoms with Crippen molar-refractivity contribution < 1.29 is 0 Å². The van der Waals surface area contributed by atoms with Crippen molar-refractivity contribution >= 4 is 41.5 Å². The van der Waals surface area contributed by atoms with E-state index in [4.69, 9.17) is 11.6 Å². The van der Waals surface area contributed by atoms with Crippen LogP contribution in [0.25, 0.3) is 0 Å². The number of hydrogen-bond acceptors (Lipinski definition) is 3. The van der Waals surface area contributed by atoms with Crippen LogP contribution in [0.2, 0.25) is 5.02 Å². The second kappa shape index (κ2) is 10.8. The molecule has 0 fully saturated rings. The summed E-state index contributed by atoms with van der Waals surface area (Å²) >= 11 is 6.24. The van der Waals surface area contributed by atoms with Crippen molar-refractivity contribution in [3.8, 4) is 0 Å². The Morgan fingerprint density at radius 1 is 1.36 bits per heavy atom. The minimum atomic E-state index is 0. The molecule has 1 aliphatic heterocycles. The third-order valence-electron chi connectivity index (χ3n) is 4.80. The molecule has 0 atom stereocenters. The SMILES string of the molecule is CN=C(NCCCn1nc2n(c1=O)CCCC2)N(C)Cc1ccccc1Cl.I. The van der Waals surface area contributed by atoms with Crippen LogP contribution < -0.4 is 11.0 Å². The molecule has 0 amide bonds. The Kier molecular flexibility index (Phi) is 8.81. The molecule has 0 saturated heterocycles. The molecule has 0 aliphatic carbocycles. The van der Waals surface area contributed by atoms with Gasteiger partial charge in [-0.1, -0.05) is 29.8 Å². The van der Waals surface area contributed by atoms with Crippen LogP contribution in [0.5, 0.6) is 0 Å². The van der Waals surface area contributed by atoms with Gasteiger partial charge in [0.2, 0.25) is 0 Å². The first-order chi connectivity index (χ1) is 13.1. The summed E-state index contributed by atoms with van der Waals surface area (Å²) in [7, 11) is 3.74. The Hall–Kier alpha value is -1.55. The van der Waals surface area contributed by atoms with E-state index < -0.39 is 0 Å². The van der Waals surface area contributed by atoms with Gasteiger partial charge in [-0.25, -0.2) is 9.48 Å². The molecule has 2 heterocycles. The molecule has 1 aliphatic rings. The summed E-state index contributed by atoms with van der Waals surface area (Å²) < 4.78 is 3.41. The van der Waals surface area contributed by atoms with E-state index in [0.29, 0.717) is 19.6 Å². The Morgan fingerprint density at radius 3 is 2.86 bits per heavy atom. The van der Waals surface area contributed by atoms with Crippen LogP contribution in [0, 0.1) is 0 Å². The fourth-order valence-electron chi connectivity index (χ4n) is 3.36. The van der Waals surface area contributed by atoms with Gasteiger partial charge in [0.15, 0.2) is 5.96 Å². The lowest BCUT2D eigenvalue weighted by Gasteiger charge is -2.22. The summed E-state index contributed by atoms with van der Waals surface area (Å²) in [5.41, 5.74) is 1.07. The average Bonchev–Trinajstić information content (AvgIpc) is 3.00. The molecule has 2 aromatic rings. The molecule has 9 heteroatoms. The highest BCUT2D eigenvalue weighted by Crippen LogP contribution is 2.16. The molecule has 0 radical (unpaired) electrons. The first-order valence-electron chi connectivity index (χ1n) is 9.42. The van der Waals surface area contributed by atoms with Crippen molar-refractivity contribution in [3.63, 3.8) is 0 Å². The van der Waals surface area contributed by atoms with Crippen LogP contribution in [0.3, 0.4) is 0 Å². The van der Waals surface area contributed by atoms with Gasteiger partial charge < -0.3 is 10.2 Å². The van der Waals surface area contributed by atoms with E-state index in [9.17, 15) is 4.79 Å². The third kappa shape index (κ3) is 5.50. The average molecular weight is 519 g/mol. The maximum absolute atomic E-state index is 12.3. The van der Waals surface area contributed by atoms with E-state index in [0.717, 1.165) is 54.6 Å². The van der Waals surface area contributed by atoms with Crippen molar-refractivity contribution in [2.45, 2.75) is 45.3 Å². The van der Waals surface area contributed by atoms with Crippen molar-refractivity contribution in [1.29, 1.82) is 0 Å². The van der Waals surface area contributed by atoms with E-state index >= 15 is 0 Å². The molecule has 154 valence electrons. The summed E-state index contributed by atoms with van der Waals surface area (Å²) in [6, 6.07) is 7.81. The monoisotopic (exact) mass is 518 g/mol. The number of nitrogens with one attached hydrogen (secondary N) is 1. The zero-order valence-corrected chi connectivity index (χ0v) is 19.5. The first-order valence-corrected chi connectivity index (χ1v) is 9.79. The number of halogens is 2. The minimum absolute atomic E-state index is 0. The minimum Gasteiger partial charge on any atom is -0.356 e. The van der Waals surface area contributed by atoms with Crippen LogP contribution in [0.1, 0.15) is 30.7 Å². The molecule has 1 aromatic heterocycles. The molecule has 28 heavy (non-hydrogen) atoms. The van der Waals surface area contributed by atoms with E-state index in [1.807, 2.05) is 40.8 Å². The van der Waals surface area contributed by atoms with Gasteiger partial charge in [0, 0.05) is 51.7 Å². The molecular weight excluding hydrogens is 491 g/mol. The van der Waals surface area contributed by atoms with Gasteiger partial charge >= 0.3 is 5.69 Å². The van der Waals surface area contributed by atoms with Gasteiger partial charge in [0.05, 0.1) is 0 Å². The van der Waals surface area contributed by atoms with E-state index in [1.54, 1.807) is 11.7 Å². The van der Waals surface area contributed by atoms with Crippen LogP contribution in [0.15, 0.2) is 34.1 Å². The number of aliphatic imine (C=N–C) groups is 1. The first kappa shape index (κ1) is 22.7. The molecule has 0 spiro atoms. The Bertz CT molecular complexity index is 862. The highest BCUT2D eigenvalue weighted by molar-refractivity contribution is 14.0. The lowest BCUT2D eigenvalue weighted by Crippen LogP contribution is -2.39. The van der Waals surface area contributed by atoms with Crippen molar-refractivity contribution in [2.24, 2.45) is 4.99 Å². The number of nitrogens with zero attached hydrogens (tertiary/aromatic N) is 5. The lowest BCUT2D eigenvalue weighted by molar-refractivity contribution is 0.469. The summed E-state index contributed by atoms with van der Waals surface area (Å²) in [4.78, 5) is 18.7. The van der Waals surface area contributed by atoms with Crippen LogP contribution >= 0.6 is 35.6 Å². The highest BCUT2D eigenvalue weighted by atomic mass is 127. The molecule has 0 saturated carbocycles. The molecule has 1 N–H and O–H groups in total. The number of aryl methyl sites for hydroxylation is 2. The fourth-order valence-corrected chi connectivity index (χ4v) is 3.56. The number of benzene rings is 1. The third-order valence-corrected chi connectivity index (χ3v) is 5.17. The molecule has 0 bridgehead atoms. The fraction of sp³-hybridized carbons (Fsp3) is 0.526. The van der Waals surface area contributed by atoms with Gasteiger partial charge in [-0.3, -0.25) is 9.56 Å². The predicted molar refractivity (Wildman–Crippen MR) is 124 cm³/mol. The zero-order valence-electron chi connectivity index (χ0n) is 16.4. The maximum Gasteiger partial charge on any atom is 0.345 e. The van der Waals surface area contributed by atoms with Crippen LogP contribution in [0.4, 0.5) is 0 Å². The molecule has 3 rings (SSSR count). The number of fused-ring (bicyclic) bond motifs is 1. The van der Waals surface area contributed by atoms with Gasteiger partial charge in [0.1, 0.15) is 5.82 Å². The van der Waals surface area contributed by atoms with Crippen molar-refractivity contribution in [2.75, 3.05) is 20.6 Å². The quantitative estimate of drug-likeness (QED) is 0.276. The predicted octanol–water partition coefficient (Wildman–Crippen LogP) is 2.75. The lowest BCUT2D eigenvalue weighted by atomic mass is 10.2. The Morgan fingerprint density at radius 2 is 2.14 bits per heavy atom. The van der Waals surface area contributed by atoms with E-state index in [2.05, 4.69) is 15.4 Å². The van der Waals surface area contributed by atoms with E-state index in [1.165, 1.54) is 0 Å². The number of aromatic nitrogens is 3. The topological polar surface area (TPSA) is 67.5 Å². The summed E-state index contributed by atoms with van der Waals surface area (Å²) in [6.45, 7) is 2.80. The Labute approximate surface area is 187 Å². The van der Waals surface area contributed by atoms with Gasteiger partial charge in [-0.2, -0.15) is 5.10 Å². The summed E-state index contributed by atoms with van der Waals surface area (Å²) in [5.74, 6) is 1.72. The largest absolute Gasteiger partial charge is 0.356 e. The standard InChI is InChI=1S/C19H27ClN6O.HI/c1-21-18(24(2)14-15-8-3-4-9-16(15)20)22-11-7-13-26-19(27)25-12-6-5-10-17(25)23-26;/h3-4,8-9H,5-7,10-14H2,1-2H3,(H,21,22);1H. The number of hydrogen-bond donors (Lipinski definition) is 1. The normalized spacial score (nSPS) is 13.6. The molecule has 7 nitrogen and oxygen atoms in total. The van der Waals surface area contributed by atoms with Gasteiger partial charge in [-0.15, -0.1) is 24.0 Å². The maximum atomic E-state index is 12.3. The van der Waals surface area contributed by atoms with Gasteiger partial charge in [0.25, 0.3) is 0 Å². The zero-order chi connectivity index (χ0) is 19.2. The van der Waals surface area contributed by atoms with Crippen LogP contribution in [-0.4, -0.2) is 45.8 Å².